The first-order valence-electron chi connectivity index (χ1n) is 2.38. The van der Waals surface area contributed by atoms with E-state index in [1.54, 1.807) is 0 Å². The zero-order valence-corrected chi connectivity index (χ0v) is 6.35. The van der Waals surface area contributed by atoms with Gasteiger partial charge in [0.1, 0.15) is 0 Å². The molecule has 3 nitrogen and oxygen atoms in total. The highest BCUT2D eigenvalue weighted by Gasteiger charge is 1.89. The number of nitrogens with zero attached hydrogens (tertiary/aromatic N) is 3. The Balaban J connectivity index is 3.00. The van der Waals surface area contributed by atoms with Crippen LogP contribution in [0.2, 0.25) is 5.02 Å². The molecule has 0 aliphatic carbocycles. The van der Waals surface area contributed by atoms with Gasteiger partial charge in [-0.15, -0.1) is 0 Å². The number of hydrogen-bond acceptors (Lipinski definition) is 4. The average Bonchev–Trinajstić information content (AvgIpc) is 1.95. The third-order valence-corrected chi connectivity index (χ3v) is 1.04. The van der Waals surface area contributed by atoms with Crippen molar-refractivity contribution in [3.8, 4) is 0 Å². The summed E-state index contributed by atoms with van der Waals surface area (Å²) in [6.45, 7) is 0. The highest BCUT2D eigenvalue weighted by molar-refractivity contribution is 7.78. The van der Waals surface area contributed by atoms with Crippen LogP contribution in [0.3, 0.4) is 0 Å². The molecule has 5 heteroatoms. The maximum Gasteiger partial charge on any atom is 0.258 e. The number of rotatable bonds is 1. The van der Waals surface area contributed by atoms with Gasteiger partial charge in [0.25, 0.3) is 5.95 Å². The van der Waals surface area contributed by atoms with Crippen molar-refractivity contribution in [2.45, 2.75) is 0 Å². The molecule has 1 aromatic heterocycles. The summed E-state index contributed by atoms with van der Waals surface area (Å²) < 4.78 is 0. The molecule has 0 aliphatic heterocycles. The molecular formula is C5H2ClN3S. The molecule has 0 aliphatic rings. The van der Waals surface area contributed by atoms with Crippen LogP contribution in [0.15, 0.2) is 17.4 Å². The number of isothiocyanates is 1. The van der Waals surface area contributed by atoms with E-state index in [9.17, 15) is 0 Å². The monoisotopic (exact) mass is 171 g/mol. The smallest absolute Gasteiger partial charge is 0.218 e. The Kier molecular flexibility index (Phi) is 2.45. The van der Waals surface area contributed by atoms with Crippen LogP contribution >= 0.6 is 23.8 Å². The highest BCUT2D eigenvalue weighted by atomic mass is 35.5. The SMILES string of the molecule is S=C=Nc1ncc(Cl)cn1. The van der Waals surface area contributed by atoms with Gasteiger partial charge in [-0.2, -0.15) is 4.99 Å². The van der Waals surface area contributed by atoms with Crippen molar-refractivity contribution in [2.75, 3.05) is 0 Å². The fourth-order valence-electron chi connectivity index (χ4n) is 0.404. The van der Waals surface area contributed by atoms with E-state index in [1.165, 1.54) is 12.4 Å². The van der Waals surface area contributed by atoms with Crippen molar-refractivity contribution >= 4 is 34.9 Å². The minimum absolute atomic E-state index is 0.277. The molecule has 0 atom stereocenters. The molecule has 0 N–H and O–H groups in total. The second-order valence-electron chi connectivity index (χ2n) is 1.40. The Morgan fingerprint density at radius 2 is 2.10 bits per heavy atom. The van der Waals surface area contributed by atoms with Crippen molar-refractivity contribution in [2.24, 2.45) is 4.99 Å². The van der Waals surface area contributed by atoms with E-state index < -0.39 is 0 Å². The first-order chi connectivity index (χ1) is 4.83. The Labute approximate surface area is 67.8 Å². The van der Waals surface area contributed by atoms with Gasteiger partial charge in [-0.1, -0.05) is 11.6 Å². The summed E-state index contributed by atoms with van der Waals surface area (Å²) in [5.41, 5.74) is 0. The van der Waals surface area contributed by atoms with E-state index in [4.69, 9.17) is 11.6 Å². The molecule has 1 rings (SSSR count). The molecule has 1 heterocycles. The molecule has 0 fully saturated rings. The van der Waals surface area contributed by atoms with Crippen LogP contribution in [0.25, 0.3) is 0 Å². The summed E-state index contributed by atoms with van der Waals surface area (Å²) in [4.78, 5) is 11.0. The summed E-state index contributed by atoms with van der Waals surface area (Å²) in [6.07, 6.45) is 2.89. The van der Waals surface area contributed by atoms with E-state index in [1.807, 2.05) is 0 Å². The fourth-order valence-corrected chi connectivity index (χ4v) is 0.583. The largest absolute Gasteiger partial charge is 0.258 e. The topological polar surface area (TPSA) is 38.1 Å². The first kappa shape index (κ1) is 7.28. The van der Waals surface area contributed by atoms with Gasteiger partial charge < -0.3 is 0 Å². The molecule has 0 bridgehead atoms. The quantitative estimate of drug-likeness (QED) is 0.478. The van der Waals surface area contributed by atoms with Gasteiger partial charge in [0.05, 0.1) is 22.6 Å². The third kappa shape index (κ3) is 1.84. The summed E-state index contributed by atoms with van der Waals surface area (Å²) in [5, 5.41) is 2.62. The third-order valence-electron chi connectivity index (χ3n) is 0.752. The lowest BCUT2D eigenvalue weighted by Gasteiger charge is -1.86. The molecule has 0 amide bonds. The van der Waals surface area contributed by atoms with Gasteiger partial charge in [0.15, 0.2) is 0 Å². The Morgan fingerprint density at radius 1 is 1.50 bits per heavy atom. The maximum atomic E-state index is 5.50. The molecular weight excluding hydrogens is 170 g/mol. The minimum atomic E-state index is 0.277. The minimum Gasteiger partial charge on any atom is -0.218 e. The summed E-state index contributed by atoms with van der Waals surface area (Å²) >= 11 is 9.84. The average molecular weight is 172 g/mol. The summed E-state index contributed by atoms with van der Waals surface area (Å²) in [6, 6.07) is 0. The number of aliphatic imine (C=N–C) groups is 1. The molecule has 10 heavy (non-hydrogen) atoms. The predicted octanol–water partition coefficient (Wildman–Crippen LogP) is 1.86. The molecule has 0 radical (unpaired) electrons. The van der Waals surface area contributed by atoms with Gasteiger partial charge in [0, 0.05) is 0 Å². The number of hydrogen-bond donors (Lipinski definition) is 0. The van der Waals surface area contributed by atoms with Gasteiger partial charge in [-0.3, -0.25) is 0 Å². The molecule has 0 saturated heterocycles. The van der Waals surface area contributed by atoms with Crippen molar-refractivity contribution in [1.82, 2.24) is 9.97 Å². The molecule has 0 saturated carbocycles. The summed E-state index contributed by atoms with van der Waals surface area (Å²) in [5.74, 6) is 0.277. The van der Waals surface area contributed by atoms with Crippen molar-refractivity contribution in [3.05, 3.63) is 17.4 Å². The van der Waals surface area contributed by atoms with E-state index in [-0.39, 0.29) is 5.95 Å². The van der Waals surface area contributed by atoms with Crippen LogP contribution in [0.5, 0.6) is 0 Å². The molecule has 0 spiro atoms. The van der Waals surface area contributed by atoms with Gasteiger partial charge in [-0.05, 0) is 12.2 Å². The van der Waals surface area contributed by atoms with Crippen LogP contribution in [0.4, 0.5) is 5.95 Å². The van der Waals surface area contributed by atoms with E-state index in [0.717, 1.165) is 0 Å². The van der Waals surface area contributed by atoms with E-state index in [0.29, 0.717) is 5.02 Å². The first-order valence-corrected chi connectivity index (χ1v) is 3.17. The van der Waals surface area contributed by atoms with E-state index >= 15 is 0 Å². The number of thiocarbonyl (C=S) groups is 1. The van der Waals surface area contributed by atoms with Crippen LogP contribution in [0.1, 0.15) is 0 Å². The highest BCUT2D eigenvalue weighted by Crippen LogP contribution is 2.06. The van der Waals surface area contributed by atoms with Crippen LogP contribution in [-0.4, -0.2) is 15.1 Å². The maximum absolute atomic E-state index is 5.50. The van der Waals surface area contributed by atoms with Gasteiger partial charge in [0.2, 0.25) is 0 Å². The second kappa shape index (κ2) is 3.37. The standard InChI is InChI=1S/C5H2ClN3S/c6-4-1-7-5(8-2-4)9-3-10/h1-2H. The normalized spacial score (nSPS) is 8.50. The predicted molar refractivity (Wildman–Crippen MR) is 41.7 cm³/mol. The molecule has 0 aromatic carbocycles. The van der Waals surface area contributed by atoms with Crippen LogP contribution < -0.4 is 0 Å². The van der Waals surface area contributed by atoms with Crippen molar-refractivity contribution in [1.29, 1.82) is 0 Å². The second-order valence-corrected chi connectivity index (χ2v) is 2.02. The van der Waals surface area contributed by atoms with Crippen molar-refractivity contribution in [3.63, 3.8) is 0 Å². The molecule has 1 aromatic rings. The molecule has 0 unspecified atom stereocenters. The summed E-state index contributed by atoms with van der Waals surface area (Å²) in [7, 11) is 0. The zero-order valence-electron chi connectivity index (χ0n) is 4.78. The number of halogens is 1. The van der Waals surface area contributed by atoms with Crippen LogP contribution in [-0.2, 0) is 0 Å². The zero-order chi connectivity index (χ0) is 7.40. The Morgan fingerprint density at radius 3 is 2.60 bits per heavy atom. The van der Waals surface area contributed by atoms with Gasteiger partial charge >= 0.3 is 0 Å². The van der Waals surface area contributed by atoms with Gasteiger partial charge in [-0.25, -0.2) is 9.97 Å². The Hall–Kier alpha value is -0.830. The van der Waals surface area contributed by atoms with Crippen molar-refractivity contribution < 1.29 is 0 Å². The fraction of sp³-hybridized carbons (Fsp3) is 0. The van der Waals surface area contributed by atoms with Crippen LogP contribution in [0, 0.1) is 0 Å². The molecule has 50 valence electrons. The Bertz CT molecular complexity index is 265. The number of aromatic nitrogens is 2. The van der Waals surface area contributed by atoms with E-state index in [2.05, 4.69) is 32.3 Å². The lowest BCUT2D eigenvalue weighted by Crippen LogP contribution is -1.77. The lowest BCUT2D eigenvalue weighted by molar-refractivity contribution is 1.14. The lowest BCUT2D eigenvalue weighted by atomic mass is 10.7.